The number of rotatable bonds is 2. The normalized spacial score (nSPS) is 14.9. The molecule has 0 heterocycles. The Morgan fingerprint density at radius 3 is 1.90 bits per heavy atom. The highest BCUT2D eigenvalue weighted by Gasteiger charge is 2.33. The van der Waals surface area contributed by atoms with E-state index in [1.165, 1.54) is 19.1 Å². The zero-order valence-electron chi connectivity index (χ0n) is 11.2. The Balaban J connectivity index is 2.49. The maximum atomic E-state index is 12.7. The fourth-order valence-corrected chi connectivity index (χ4v) is 2.11. The number of aryl methyl sites for hydroxylation is 1. The van der Waals surface area contributed by atoms with E-state index < -0.39 is 17.3 Å². The molecule has 1 nitrogen and oxygen atoms in total. The smallest absolute Gasteiger partial charge is 0.381 e. The first kappa shape index (κ1) is 14.6. The van der Waals surface area contributed by atoms with E-state index in [1.807, 2.05) is 13.0 Å². The maximum absolute atomic E-state index is 12.7. The van der Waals surface area contributed by atoms with Crippen molar-refractivity contribution in [2.24, 2.45) is 0 Å². The summed E-state index contributed by atoms with van der Waals surface area (Å²) in [6, 6.07) is 11.9. The van der Waals surface area contributed by atoms with Gasteiger partial charge in [0, 0.05) is 0 Å². The molecule has 106 valence electrons. The summed E-state index contributed by atoms with van der Waals surface area (Å²) in [5, 5.41) is 10.6. The third-order valence-electron chi connectivity index (χ3n) is 3.33. The van der Waals surface area contributed by atoms with Crippen LogP contribution in [0.2, 0.25) is 0 Å². The van der Waals surface area contributed by atoms with Gasteiger partial charge in [-0.05, 0) is 37.1 Å². The summed E-state index contributed by atoms with van der Waals surface area (Å²) >= 11 is 0. The standard InChI is InChI=1S/C16H15F3O/c1-11-5-3-6-12(9-11)15(2,20)13-7-4-8-14(10-13)16(17,18)19/h3-10,20H,1-2H3. The molecule has 2 rings (SSSR count). The van der Waals surface area contributed by atoms with Crippen LogP contribution in [0.3, 0.4) is 0 Å². The number of halogens is 3. The van der Waals surface area contributed by atoms with Crippen LogP contribution in [0.15, 0.2) is 48.5 Å². The van der Waals surface area contributed by atoms with E-state index >= 15 is 0 Å². The molecule has 0 amide bonds. The molecule has 0 aliphatic carbocycles. The summed E-state index contributed by atoms with van der Waals surface area (Å²) < 4.78 is 38.2. The average Bonchev–Trinajstić information content (AvgIpc) is 2.38. The number of aliphatic hydroxyl groups is 1. The van der Waals surface area contributed by atoms with E-state index in [0.29, 0.717) is 5.56 Å². The highest BCUT2D eigenvalue weighted by molar-refractivity contribution is 5.39. The lowest BCUT2D eigenvalue weighted by Crippen LogP contribution is -2.23. The lowest BCUT2D eigenvalue weighted by atomic mass is 9.87. The first-order chi connectivity index (χ1) is 9.21. The van der Waals surface area contributed by atoms with Crippen LogP contribution in [0, 0.1) is 6.92 Å². The van der Waals surface area contributed by atoms with E-state index in [1.54, 1.807) is 18.2 Å². The topological polar surface area (TPSA) is 20.2 Å². The maximum Gasteiger partial charge on any atom is 0.416 e. The van der Waals surface area contributed by atoms with Crippen molar-refractivity contribution in [2.75, 3.05) is 0 Å². The van der Waals surface area contributed by atoms with Gasteiger partial charge in [-0.2, -0.15) is 13.2 Å². The summed E-state index contributed by atoms with van der Waals surface area (Å²) in [7, 11) is 0. The minimum atomic E-state index is -4.42. The van der Waals surface area contributed by atoms with Crippen LogP contribution in [0.5, 0.6) is 0 Å². The van der Waals surface area contributed by atoms with Gasteiger partial charge < -0.3 is 5.11 Å². The van der Waals surface area contributed by atoms with Crippen LogP contribution in [-0.2, 0) is 11.8 Å². The van der Waals surface area contributed by atoms with Gasteiger partial charge >= 0.3 is 6.18 Å². The largest absolute Gasteiger partial charge is 0.416 e. The molecule has 4 heteroatoms. The van der Waals surface area contributed by atoms with Crippen LogP contribution in [-0.4, -0.2) is 5.11 Å². The molecule has 0 aromatic heterocycles. The second kappa shape index (κ2) is 4.94. The monoisotopic (exact) mass is 280 g/mol. The highest BCUT2D eigenvalue weighted by atomic mass is 19.4. The predicted octanol–water partition coefficient (Wildman–Crippen LogP) is 4.27. The van der Waals surface area contributed by atoms with Crippen molar-refractivity contribution in [3.63, 3.8) is 0 Å². The second-order valence-electron chi connectivity index (χ2n) is 5.02. The molecule has 0 saturated heterocycles. The van der Waals surface area contributed by atoms with Crippen LogP contribution >= 0.6 is 0 Å². The van der Waals surface area contributed by atoms with E-state index in [0.717, 1.165) is 17.7 Å². The van der Waals surface area contributed by atoms with Gasteiger partial charge in [0.2, 0.25) is 0 Å². The fourth-order valence-electron chi connectivity index (χ4n) is 2.11. The first-order valence-electron chi connectivity index (χ1n) is 6.18. The van der Waals surface area contributed by atoms with Crippen LogP contribution < -0.4 is 0 Å². The van der Waals surface area contributed by atoms with Gasteiger partial charge in [0.25, 0.3) is 0 Å². The highest BCUT2D eigenvalue weighted by Crippen LogP contribution is 2.34. The third-order valence-corrected chi connectivity index (χ3v) is 3.33. The van der Waals surface area contributed by atoms with Crippen molar-refractivity contribution >= 4 is 0 Å². The fraction of sp³-hybridized carbons (Fsp3) is 0.250. The molecule has 1 N–H and O–H groups in total. The Kier molecular flexibility index (Phi) is 3.61. The van der Waals surface area contributed by atoms with Crippen molar-refractivity contribution < 1.29 is 18.3 Å². The Morgan fingerprint density at radius 2 is 1.35 bits per heavy atom. The number of hydrogen-bond acceptors (Lipinski definition) is 1. The SMILES string of the molecule is Cc1cccc(C(C)(O)c2cccc(C(F)(F)F)c2)c1. The number of alkyl halides is 3. The van der Waals surface area contributed by atoms with E-state index in [9.17, 15) is 18.3 Å². The molecule has 1 unspecified atom stereocenters. The van der Waals surface area contributed by atoms with Crippen molar-refractivity contribution in [1.82, 2.24) is 0 Å². The Bertz CT molecular complexity index is 615. The zero-order valence-corrected chi connectivity index (χ0v) is 11.2. The minimum absolute atomic E-state index is 0.220. The van der Waals surface area contributed by atoms with Crippen molar-refractivity contribution in [2.45, 2.75) is 25.6 Å². The molecule has 20 heavy (non-hydrogen) atoms. The van der Waals surface area contributed by atoms with Gasteiger partial charge in [-0.3, -0.25) is 0 Å². The summed E-state index contributed by atoms with van der Waals surface area (Å²) in [6.45, 7) is 3.36. The van der Waals surface area contributed by atoms with Crippen molar-refractivity contribution in [3.8, 4) is 0 Å². The molecule has 0 bridgehead atoms. The van der Waals surface area contributed by atoms with Gasteiger partial charge in [0.1, 0.15) is 5.60 Å². The quantitative estimate of drug-likeness (QED) is 0.871. The van der Waals surface area contributed by atoms with E-state index in [4.69, 9.17) is 0 Å². The summed E-state index contributed by atoms with van der Waals surface area (Å²) in [6.07, 6.45) is -4.42. The molecule has 0 aliphatic heterocycles. The summed E-state index contributed by atoms with van der Waals surface area (Å²) in [4.78, 5) is 0. The molecule has 0 fully saturated rings. The lowest BCUT2D eigenvalue weighted by Gasteiger charge is -2.25. The Morgan fingerprint density at radius 1 is 0.850 bits per heavy atom. The van der Waals surface area contributed by atoms with Crippen LogP contribution in [0.4, 0.5) is 13.2 Å². The molecular weight excluding hydrogens is 265 g/mol. The average molecular weight is 280 g/mol. The molecule has 1 atom stereocenters. The summed E-state index contributed by atoms with van der Waals surface area (Å²) in [5.41, 5.74) is -0.500. The zero-order chi connectivity index (χ0) is 15.0. The molecule has 0 spiro atoms. The van der Waals surface area contributed by atoms with E-state index in [-0.39, 0.29) is 5.56 Å². The Hall–Kier alpha value is -1.81. The number of hydrogen-bond donors (Lipinski definition) is 1. The van der Waals surface area contributed by atoms with E-state index in [2.05, 4.69) is 0 Å². The van der Waals surface area contributed by atoms with Crippen LogP contribution in [0.25, 0.3) is 0 Å². The van der Waals surface area contributed by atoms with Crippen molar-refractivity contribution in [3.05, 3.63) is 70.8 Å². The minimum Gasteiger partial charge on any atom is -0.381 e. The number of benzene rings is 2. The van der Waals surface area contributed by atoms with Gasteiger partial charge in [0.15, 0.2) is 0 Å². The van der Waals surface area contributed by atoms with Crippen LogP contribution in [0.1, 0.15) is 29.2 Å². The summed E-state index contributed by atoms with van der Waals surface area (Å²) in [5.74, 6) is 0. The second-order valence-corrected chi connectivity index (χ2v) is 5.02. The molecule has 2 aromatic carbocycles. The molecule has 0 radical (unpaired) electrons. The molecule has 0 aliphatic rings. The third kappa shape index (κ3) is 2.85. The van der Waals surface area contributed by atoms with Crippen molar-refractivity contribution in [1.29, 1.82) is 0 Å². The Labute approximate surface area is 115 Å². The molecule has 2 aromatic rings. The van der Waals surface area contributed by atoms with Gasteiger partial charge in [-0.1, -0.05) is 42.0 Å². The lowest BCUT2D eigenvalue weighted by molar-refractivity contribution is -0.137. The van der Waals surface area contributed by atoms with Gasteiger partial charge in [-0.15, -0.1) is 0 Å². The van der Waals surface area contributed by atoms with Gasteiger partial charge in [0.05, 0.1) is 5.56 Å². The first-order valence-corrected chi connectivity index (χ1v) is 6.18. The van der Waals surface area contributed by atoms with Gasteiger partial charge in [-0.25, -0.2) is 0 Å². The predicted molar refractivity (Wildman–Crippen MR) is 71.3 cm³/mol. The molecule has 0 saturated carbocycles. The molecular formula is C16H15F3O.